The molecular formula is C7H11NO3. The van der Waals surface area contributed by atoms with Gasteiger partial charge in [-0.1, -0.05) is 6.08 Å². The van der Waals surface area contributed by atoms with Gasteiger partial charge in [-0.15, -0.1) is 6.58 Å². The van der Waals surface area contributed by atoms with E-state index in [-0.39, 0.29) is 6.42 Å². The zero-order chi connectivity index (χ0) is 9.56. The Morgan fingerprint density at radius 2 is 2.55 bits per heavy atom. The molecule has 4 heteroatoms. The summed E-state index contributed by atoms with van der Waals surface area (Å²) in [5.74, 6) is -1.71. The third-order valence-electron chi connectivity index (χ3n) is 1.04. The predicted octanol–water partition coefficient (Wildman–Crippen LogP) is 0.152. The molecule has 0 saturated carbocycles. The van der Waals surface area contributed by atoms with Crippen LogP contribution >= 0.6 is 0 Å². The van der Waals surface area contributed by atoms with Gasteiger partial charge in [0.15, 0.2) is 0 Å². The number of carbonyl (C=O) groups is 2. The van der Waals surface area contributed by atoms with E-state index in [0.717, 1.165) is 0 Å². The lowest BCUT2D eigenvalue weighted by Gasteiger charge is -2.09. The molecule has 0 fully saturated rings. The van der Waals surface area contributed by atoms with Crippen molar-refractivity contribution in [2.45, 2.75) is 19.4 Å². The minimum atomic E-state index is -1.11. The van der Waals surface area contributed by atoms with E-state index in [1.807, 2.05) is 0 Å². The van der Waals surface area contributed by atoms with Crippen LogP contribution in [0.3, 0.4) is 0 Å². The second-order valence-electron chi connectivity index (χ2n) is 1.98. The number of hydrogen-bond acceptors (Lipinski definition) is 2. The molecule has 4 nitrogen and oxygen atoms in total. The Hall–Kier alpha value is -1.32. The maximum Gasteiger partial charge on any atom is 0.326 e. The van der Waals surface area contributed by atoms with Crippen molar-refractivity contribution in [3.8, 4) is 0 Å². The number of carboxylic acid groups (broad SMARTS) is 1. The smallest absolute Gasteiger partial charge is 0.326 e. The molecule has 2 N–H and O–H groups in total. The Morgan fingerprint density at radius 3 is 2.91 bits per heavy atom. The first kappa shape index (κ1) is 7.78. The molecule has 0 bridgehead atoms. The maximum atomic E-state index is 10.6. The molecule has 0 saturated heterocycles. The molecule has 0 radical (unpaired) electrons. The van der Waals surface area contributed by atoms with Gasteiger partial charge in [0.2, 0.25) is 5.91 Å². The van der Waals surface area contributed by atoms with Crippen LogP contribution in [0.25, 0.3) is 0 Å². The number of nitrogens with one attached hydrogen (secondary N) is 1. The standard InChI is InChI=1S/C7H11NO3/c1-3-4-6(7(10)11)8-5(2)9/h3,6H,1,4H2,2H3,(H,8,9)(H,10,11)/i2D. The predicted molar refractivity (Wildman–Crippen MR) is 40.1 cm³/mol. The first-order valence-corrected chi connectivity index (χ1v) is 3.04. The van der Waals surface area contributed by atoms with E-state index in [0.29, 0.717) is 0 Å². The lowest BCUT2D eigenvalue weighted by molar-refractivity contribution is -0.141. The molecule has 0 aliphatic heterocycles. The number of rotatable bonds is 4. The fraction of sp³-hybridized carbons (Fsp3) is 0.429. The molecule has 62 valence electrons. The summed E-state index contributed by atoms with van der Waals surface area (Å²) < 4.78 is 6.64. The minimum Gasteiger partial charge on any atom is -0.480 e. The van der Waals surface area contributed by atoms with Crippen LogP contribution in [0.15, 0.2) is 12.7 Å². The van der Waals surface area contributed by atoms with Crippen molar-refractivity contribution in [2.24, 2.45) is 0 Å². The van der Waals surface area contributed by atoms with Crippen molar-refractivity contribution in [3.05, 3.63) is 12.7 Å². The van der Waals surface area contributed by atoms with Gasteiger partial charge in [0.05, 0.1) is 0 Å². The number of carboxylic acids is 1. The van der Waals surface area contributed by atoms with Crippen LogP contribution in [0, 0.1) is 0 Å². The molecule has 0 rings (SSSR count). The van der Waals surface area contributed by atoms with E-state index in [1.165, 1.54) is 6.08 Å². The molecule has 0 heterocycles. The van der Waals surface area contributed by atoms with E-state index in [9.17, 15) is 9.59 Å². The highest BCUT2D eigenvalue weighted by molar-refractivity contribution is 5.82. The fourth-order valence-electron chi connectivity index (χ4n) is 0.582. The highest BCUT2D eigenvalue weighted by Crippen LogP contribution is 1.92. The summed E-state index contributed by atoms with van der Waals surface area (Å²) >= 11 is 0. The summed E-state index contributed by atoms with van der Waals surface area (Å²) in [4.78, 5) is 21.0. The second kappa shape index (κ2) is 4.49. The largest absolute Gasteiger partial charge is 0.480 e. The number of carbonyl (C=O) groups excluding carboxylic acids is 1. The summed E-state index contributed by atoms with van der Waals surface area (Å²) in [5.41, 5.74) is 0. The summed E-state index contributed by atoms with van der Waals surface area (Å²) in [6.07, 6.45) is 1.57. The molecule has 1 unspecified atom stereocenters. The maximum absolute atomic E-state index is 10.6. The summed E-state index contributed by atoms with van der Waals surface area (Å²) in [6, 6.07) is -0.958. The van der Waals surface area contributed by atoms with Gasteiger partial charge in [0.1, 0.15) is 6.04 Å². The van der Waals surface area contributed by atoms with Gasteiger partial charge in [-0.2, -0.15) is 0 Å². The van der Waals surface area contributed by atoms with E-state index in [1.54, 1.807) is 0 Å². The second-order valence-corrected chi connectivity index (χ2v) is 1.98. The SMILES string of the molecule is [2H]CC(=O)NC(CC=C)C(=O)O. The molecular weight excluding hydrogens is 146 g/mol. The van der Waals surface area contributed by atoms with Crippen molar-refractivity contribution in [1.82, 2.24) is 5.32 Å². The topological polar surface area (TPSA) is 66.4 Å². The Labute approximate surface area is 66.3 Å². The minimum absolute atomic E-state index is 0.168. The van der Waals surface area contributed by atoms with Crippen LogP contribution in [-0.4, -0.2) is 23.0 Å². The molecule has 0 aromatic rings. The average Bonchev–Trinajstić information content (AvgIpc) is 2.03. The van der Waals surface area contributed by atoms with Crippen molar-refractivity contribution >= 4 is 11.9 Å². The van der Waals surface area contributed by atoms with Gasteiger partial charge in [0.25, 0.3) is 0 Å². The van der Waals surface area contributed by atoms with Crippen LogP contribution in [0.4, 0.5) is 0 Å². The zero-order valence-electron chi connectivity index (χ0n) is 7.04. The van der Waals surface area contributed by atoms with Crippen LogP contribution in [-0.2, 0) is 9.59 Å². The average molecular weight is 158 g/mol. The van der Waals surface area contributed by atoms with Crippen LogP contribution in [0.2, 0.25) is 0 Å². The Balaban J connectivity index is 4.03. The highest BCUT2D eigenvalue weighted by Gasteiger charge is 2.15. The molecule has 0 aliphatic rings. The van der Waals surface area contributed by atoms with Crippen molar-refractivity contribution < 1.29 is 16.1 Å². The van der Waals surface area contributed by atoms with Crippen LogP contribution in [0.5, 0.6) is 0 Å². The van der Waals surface area contributed by atoms with Gasteiger partial charge < -0.3 is 10.4 Å². The molecule has 0 spiro atoms. The molecule has 1 atom stereocenters. The van der Waals surface area contributed by atoms with Crippen LogP contribution in [0.1, 0.15) is 14.7 Å². The van der Waals surface area contributed by atoms with Gasteiger partial charge >= 0.3 is 5.97 Å². The highest BCUT2D eigenvalue weighted by atomic mass is 16.4. The number of aliphatic carboxylic acids is 1. The summed E-state index contributed by atoms with van der Waals surface area (Å²) in [6.45, 7) is 2.90. The molecule has 0 aliphatic carbocycles. The monoisotopic (exact) mass is 158 g/mol. The fourth-order valence-corrected chi connectivity index (χ4v) is 0.582. The third kappa shape index (κ3) is 4.13. The van der Waals surface area contributed by atoms with Crippen molar-refractivity contribution in [3.63, 3.8) is 0 Å². The van der Waals surface area contributed by atoms with E-state index >= 15 is 0 Å². The molecule has 0 aromatic carbocycles. The number of hydrogen-bond donors (Lipinski definition) is 2. The van der Waals surface area contributed by atoms with E-state index < -0.39 is 24.8 Å². The molecule has 1 amide bonds. The van der Waals surface area contributed by atoms with Crippen molar-refractivity contribution in [1.29, 1.82) is 0 Å². The van der Waals surface area contributed by atoms with Gasteiger partial charge in [-0.25, -0.2) is 4.79 Å². The Morgan fingerprint density at radius 1 is 1.91 bits per heavy atom. The first-order chi connectivity index (χ1) is 5.61. The molecule has 11 heavy (non-hydrogen) atoms. The number of amides is 1. The van der Waals surface area contributed by atoms with Crippen molar-refractivity contribution in [2.75, 3.05) is 0 Å². The lowest BCUT2D eigenvalue weighted by atomic mass is 10.2. The van der Waals surface area contributed by atoms with Gasteiger partial charge in [0, 0.05) is 8.27 Å². The quantitative estimate of drug-likeness (QED) is 0.572. The Bertz CT molecular complexity index is 193. The van der Waals surface area contributed by atoms with E-state index in [4.69, 9.17) is 6.48 Å². The molecule has 0 aromatic heterocycles. The zero-order valence-corrected chi connectivity index (χ0v) is 6.04. The summed E-state index contributed by atoms with van der Waals surface area (Å²) in [5, 5.41) is 10.7. The van der Waals surface area contributed by atoms with Gasteiger partial charge in [-0.05, 0) is 6.42 Å². The van der Waals surface area contributed by atoms with Gasteiger partial charge in [-0.3, -0.25) is 4.79 Å². The first-order valence-electron chi connectivity index (χ1n) is 3.74. The normalized spacial score (nSPS) is 12.9. The van der Waals surface area contributed by atoms with E-state index in [2.05, 4.69) is 11.9 Å². The van der Waals surface area contributed by atoms with Crippen LogP contribution < -0.4 is 5.32 Å². The Kier molecular flexibility index (Phi) is 3.18. The lowest BCUT2D eigenvalue weighted by Crippen LogP contribution is -2.39. The summed E-state index contributed by atoms with van der Waals surface area (Å²) in [7, 11) is 0. The third-order valence-corrected chi connectivity index (χ3v) is 1.04.